The number of amides is 4. The van der Waals surface area contributed by atoms with Crippen LogP contribution in [0.25, 0.3) is 0 Å². The third-order valence-corrected chi connectivity index (χ3v) is 6.37. The number of piperidine rings is 1. The highest BCUT2D eigenvalue weighted by molar-refractivity contribution is 5.95. The number of carbonyl (C=O) groups excluding carboxylic acids is 2. The second-order valence-electron chi connectivity index (χ2n) is 8.44. The van der Waals surface area contributed by atoms with Gasteiger partial charge in [-0.1, -0.05) is 12.1 Å². The van der Waals surface area contributed by atoms with Crippen LogP contribution in [0.3, 0.4) is 0 Å². The summed E-state index contributed by atoms with van der Waals surface area (Å²) >= 11 is 0. The van der Waals surface area contributed by atoms with Crippen molar-refractivity contribution in [2.45, 2.75) is 38.1 Å². The molecule has 1 unspecified atom stereocenters. The maximum atomic E-state index is 13.2. The van der Waals surface area contributed by atoms with Gasteiger partial charge in [-0.3, -0.25) is 4.90 Å². The van der Waals surface area contributed by atoms with Crippen LogP contribution in [-0.2, 0) is 6.42 Å². The number of carbonyl (C=O) groups is 2. The van der Waals surface area contributed by atoms with Gasteiger partial charge in [-0.15, -0.1) is 0 Å². The minimum Gasteiger partial charge on any atom is -0.493 e. The minimum absolute atomic E-state index is 0.0879. The fraction of sp³-hybridized carbons (Fsp3) is 0.440. The summed E-state index contributed by atoms with van der Waals surface area (Å²) in [5, 5.41) is 5.85. The van der Waals surface area contributed by atoms with Gasteiger partial charge < -0.3 is 25.0 Å². The third-order valence-electron chi connectivity index (χ3n) is 6.37. The van der Waals surface area contributed by atoms with E-state index in [-0.39, 0.29) is 18.1 Å². The number of hydrogen-bond donors (Lipinski definition) is 2. The molecule has 0 spiro atoms. The summed E-state index contributed by atoms with van der Waals surface area (Å²) in [5.41, 5.74) is 2.64. The summed E-state index contributed by atoms with van der Waals surface area (Å²) in [7, 11) is 3.27. The highest BCUT2D eigenvalue weighted by atomic mass is 16.5. The maximum Gasteiger partial charge on any atom is 0.322 e. The molecular formula is C25H32N4O4. The van der Waals surface area contributed by atoms with Crippen LogP contribution < -0.4 is 25.0 Å². The van der Waals surface area contributed by atoms with Gasteiger partial charge >= 0.3 is 12.1 Å². The lowest BCUT2D eigenvalue weighted by Crippen LogP contribution is -2.46. The van der Waals surface area contributed by atoms with E-state index >= 15 is 0 Å². The van der Waals surface area contributed by atoms with Crippen molar-refractivity contribution >= 4 is 23.4 Å². The number of nitrogens with one attached hydrogen (secondary N) is 2. The number of benzene rings is 2. The Balaban J connectivity index is 1.40. The molecule has 2 heterocycles. The Morgan fingerprint density at radius 1 is 1.09 bits per heavy atom. The first kappa shape index (κ1) is 22.8. The fourth-order valence-corrected chi connectivity index (χ4v) is 4.60. The van der Waals surface area contributed by atoms with Crippen molar-refractivity contribution in [1.29, 1.82) is 0 Å². The van der Waals surface area contributed by atoms with Crippen LogP contribution >= 0.6 is 0 Å². The number of methoxy groups -OCH3 is 2. The highest BCUT2D eigenvalue weighted by Crippen LogP contribution is 2.29. The third kappa shape index (κ3) is 5.32. The lowest BCUT2D eigenvalue weighted by atomic mass is 9.96. The number of likely N-dealkylation sites (tertiary alicyclic amines) is 1. The molecular weight excluding hydrogens is 420 g/mol. The van der Waals surface area contributed by atoms with E-state index in [0.717, 1.165) is 55.6 Å². The van der Waals surface area contributed by atoms with E-state index in [0.29, 0.717) is 24.5 Å². The van der Waals surface area contributed by atoms with Crippen molar-refractivity contribution in [1.82, 2.24) is 10.2 Å². The Morgan fingerprint density at radius 3 is 2.70 bits per heavy atom. The highest BCUT2D eigenvalue weighted by Gasteiger charge is 2.27. The quantitative estimate of drug-likeness (QED) is 0.658. The number of aryl methyl sites for hydroxylation is 1. The predicted molar refractivity (Wildman–Crippen MR) is 128 cm³/mol. The SMILES string of the molecule is COc1ccc(CCC2CCCCN2C(=O)Nc2cccc(N3CCNC3=O)c2)cc1OC. The number of anilines is 2. The van der Waals surface area contributed by atoms with Crippen molar-refractivity contribution in [3.05, 3.63) is 48.0 Å². The Bertz CT molecular complexity index is 996. The number of nitrogens with zero attached hydrogens (tertiary/aromatic N) is 2. The Hall–Kier alpha value is -3.42. The lowest BCUT2D eigenvalue weighted by molar-refractivity contribution is 0.158. The van der Waals surface area contributed by atoms with Gasteiger partial charge in [-0.05, 0) is 68.0 Å². The van der Waals surface area contributed by atoms with Crippen LogP contribution in [0.4, 0.5) is 21.0 Å². The van der Waals surface area contributed by atoms with Gasteiger partial charge in [0.1, 0.15) is 0 Å². The van der Waals surface area contributed by atoms with E-state index in [1.807, 2.05) is 41.3 Å². The van der Waals surface area contributed by atoms with Gasteiger partial charge in [0.25, 0.3) is 0 Å². The molecule has 0 bridgehead atoms. The molecule has 176 valence electrons. The first-order chi connectivity index (χ1) is 16.1. The van der Waals surface area contributed by atoms with Gasteiger partial charge in [-0.2, -0.15) is 0 Å². The number of hydrogen-bond acceptors (Lipinski definition) is 4. The first-order valence-electron chi connectivity index (χ1n) is 11.5. The predicted octanol–water partition coefficient (Wildman–Crippen LogP) is 4.25. The molecule has 2 fully saturated rings. The van der Waals surface area contributed by atoms with Gasteiger partial charge in [0.15, 0.2) is 11.5 Å². The van der Waals surface area contributed by atoms with Crippen LogP contribution in [0, 0.1) is 0 Å². The molecule has 0 aliphatic carbocycles. The molecule has 2 N–H and O–H groups in total. The summed E-state index contributed by atoms with van der Waals surface area (Å²) in [4.78, 5) is 28.8. The topological polar surface area (TPSA) is 83.1 Å². The van der Waals surface area contributed by atoms with Crippen molar-refractivity contribution < 1.29 is 19.1 Å². The first-order valence-corrected chi connectivity index (χ1v) is 11.5. The molecule has 2 saturated heterocycles. The van der Waals surface area contributed by atoms with Crippen molar-refractivity contribution in [2.24, 2.45) is 0 Å². The van der Waals surface area contributed by atoms with E-state index in [2.05, 4.69) is 16.7 Å². The summed E-state index contributed by atoms with van der Waals surface area (Å²) in [6.45, 7) is 2.00. The average Bonchev–Trinajstić information content (AvgIpc) is 3.28. The standard InChI is InChI=1S/C25H32N4O4/c1-32-22-12-10-18(16-23(22)33-2)9-11-20-7-3-4-14-28(20)25(31)27-19-6-5-8-21(17-19)29-15-13-26-24(29)30/h5-6,8,10,12,16-17,20H,3-4,7,9,11,13-15H2,1-2H3,(H,26,30)(H,27,31). The zero-order chi connectivity index (χ0) is 23.2. The van der Waals surface area contributed by atoms with E-state index in [9.17, 15) is 9.59 Å². The Morgan fingerprint density at radius 2 is 1.94 bits per heavy atom. The summed E-state index contributed by atoms with van der Waals surface area (Å²) in [6.07, 6.45) is 4.87. The van der Waals surface area contributed by atoms with E-state index < -0.39 is 0 Å². The second-order valence-corrected chi connectivity index (χ2v) is 8.44. The zero-order valence-electron chi connectivity index (χ0n) is 19.3. The van der Waals surface area contributed by atoms with E-state index in [1.54, 1.807) is 19.1 Å². The maximum absolute atomic E-state index is 13.2. The zero-order valence-corrected chi connectivity index (χ0v) is 19.3. The molecule has 2 aliphatic rings. The van der Waals surface area contributed by atoms with Gasteiger partial charge in [-0.25, -0.2) is 9.59 Å². The summed E-state index contributed by atoms with van der Waals surface area (Å²) in [5.74, 6) is 1.44. The normalized spacial score (nSPS) is 18.1. The van der Waals surface area contributed by atoms with Gasteiger partial charge in [0, 0.05) is 37.1 Å². The fourth-order valence-electron chi connectivity index (χ4n) is 4.60. The van der Waals surface area contributed by atoms with Crippen LogP contribution in [0.2, 0.25) is 0 Å². The summed E-state index contributed by atoms with van der Waals surface area (Å²) in [6, 6.07) is 13.4. The number of urea groups is 2. The van der Waals surface area contributed by atoms with Crippen LogP contribution in [0.15, 0.2) is 42.5 Å². The van der Waals surface area contributed by atoms with E-state index in [4.69, 9.17) is 9.47 Å². The van der Waals surface area contributed by atoms with Crippen LogP contribution in [0.5, 0.6) is 11.5 Å². The summed E-state index contributed by atoms with van der Waals surface area (Å²) < 4.78 is 10.7. The molecule has 2 aromatic rings. The molecule has 8 nitrogen and oxygen atoms in total. The Kier molecular flexibility index (Phi) is 7.22. The molecule has 4 amide bonds. The number of ether oxygens (including phenoxy) is 2. The van der Waals surface area contributed by atoms with Crippen LogP contribution in [0.1, 0.15) is 31.2 Å². The lowest BCUT2D eigenvalue weighted by Gasteiger charge is -2.36. The smallest absolute Gasteiger partial charge is 0.322 e. The molecule has 0 aromatic heterocycles. The van der Waals surface area contributed by atoms with Crippen molar-refractivity contribution in [2.75, 3.05) is 44.1 Å². The number of rotatable bonds is 7. The molecule has 0 radical (unpaired) electrons. The van der Waals surface area contributed by atoms with Crippen molar-refractivity contribution in [3.8, 4) is 11.5 Å². The largest absolute Gasteiger partial charge is 0.493 e. The molecule has 2 aliphatic heterocycles. The monoisotopic (exact) mass is 452 g/mol. The van der Waals surface area contributed by atoms with Gasteiger partial charge in [0.2, 0.25) is 0 Å². The molecule has 8 heteroatoms. The minimum atomic E-state index is -0.107. The van der Waals surface area contributed by atoms with Gasteiger partial charge in [0.05, 0.1) is 14.2 Å². The molecule has 2 aromatic carbocycles. The second kappa shape index (κ2) is 10.5. The Labute approximate surface area is 194 Å². The molecule has 4 rings (SSSR count). The molecule has 1 atom stereocenters. The van der Waals surface area contributed by atoms with Crippen molar-refractivity contribution in [3.63, 3.8) is 0 Å². The average molecular weight is 453 g/mol. The van der Waals surface area contributed by atoms with E-state index in [1.165, 1.54) is 0 Å². The molecule has 0 saturated carbocycles. The molecule has 33 heavy (non-hydrogen) atoms. The van der Waals surface area contributed by atoms with Crippen LogP contribution in [-0.4, -0.2) is 56.9 Å².